The van der Waals surface area contributed by atoms with E-state index in [1.807, 2.05) is 0 Å². The van der Waals surface area contributed by atoms with Gasteiger partial charge in [-0.05, 0) is 71.3 Å². The molecule has 21 heavy (non-hydrogen) atoms. The number of allylic oxidation sites excluding steroid dienone is 4. The number of ether oxygens (including phenoxy) is 1. The minimum Gasteiger partial charge on any atom is -0.357 e. The Morgan fingerprint density at radius 2 is 1.62 bits per heavy atom. The van der Waals surface area contributed by atoms with E-state index in [1.54, 1.807) is 0 Å². The maximum atomic E-state index is 6.44. The zero-order valence-corrected chi connectivity index (χ0v) is 16.1. The lowest BCUT2D eigenvalue weighted by molar-refractivity contribution is 0.0944. The van der Waals surface area contributed by atoms with Gasteiger partial charge in [-0.25, -0.2) is 0 Å². The molecule has 4 heteroatoms. The van der Waals surface area contributed by atoms with Gasteiger partial charge in [0, 0.05) is 0 Å². The maximum absolute atomic E-state index is 6.44. The lowest BCUT2D eigenvalue weighted by Gasteiger charge is -2.26. The molecule has 0 bridgehead atoms. The van der Waals surface area contributed by atoms with Crippen LogP contribution in [0.25, 0.3) is 0 Å². The molecule has 5 unspecified atom stereocenters. The molecule has 0 radical (unpaired) electrons. The number of rotatable bonds is 3. The van der Waals surface area contributed by atoms with Crippen LogP contribution in [0.4, 0.5) is 0 Å². The van der Waals surface area contributed by atoms with Gasteiger partial charge < -0.3 is 4.74 Å². The first-order chi connectivity index (χ1) is 10.1. The average Bonchev–Trinajstić information content (AvgIpc) is 2.87. The molecule has 0 saturated carbocycles. The first-order valence-electron chi connectivity index (χ1n) is 7.40. The van der Waals surface area contributed by atoms with Gasteiger partial charge in [-0.2, -0.15) is 0 Å². The third kappa shape index (κ3) is 2.48. The van der Waals surface area contributed by atoms with E-state index >= 15 is 0 Å². The topological polar surface area (TPSA) is 9.23 Å². The summed E-state index contributed by atoms with van der Waals surface area (Å²) < 4.78 is 6.44. The van der Waals surface area contributed by atoms with E-state index in [1.165, 1.54) is 39.0 Å². The summed E-state index contributed by atoms with van der Waals surface area (Å²) in [4.78, 5) is 0. The van der Waals surface area contributed by atoms with E-state index in [-0.39, 0.29) is 12.2 Å². The Hall–Kier alpha value is -0.0500. The molecule has 0 aromatic rings. The molecule has 3 rings (SSSR count). The van der Waals surface area contributed by atoms with Crippen molar-refractivity contribution in [2.24, 2.45) is 0 Å². The van der Waals surface area contributed by atoms with Gasteiger partial charge >= 0.3 is 0 Å². The predicted molar refractivity (Wildman–Crippen MR) is 102 cm³/mol. The van der Waals surface area contributed by atoms with Gasteiger partial charge in [0.25, 0.3) is 0 Å². The molecule has 0 N–H and O–H groups in total. The van der Waals surface area contributed by atoms with Gasteiger partial charge in [0.05, 0.1) is 0 Å². The van der Waals surface area contributed by atoms with Gasteiger partial charge in [0.2, 0.25) is 0 Å². The lowest BCUT2D eigenvalue weighted by Crippen LogP contribution is -2.22. The first-order valence-corrected chi connectivity index (χ1v) is 9.85. The first kappa shape index (κ1) is 15.8. The third-order valence-electron chi connectivity index (χ3n) is 4.76. The Labute approximate surface area is 134 Å². The largest absolute Gasteiger partial charge is 0.357 e. The normalized spacial score (nSPS) is 28.1. The smallest absolute Gasteiger partial charge is 0.106 e. The second-order valence-corrected chi connectivity index (χ2v) is 7.02. The van der Waals surface area contributed by atoms with Crippen LogP contribution in [0.3, 0.4) is 0 Å². The highest BCUT2D eigenvalue weighted by atomic mass is 31.0. The van der Waals surface area contributed by atoms with E-state index < -0.39 is 0 Å². The van der Waals surface area contributed by atoms with Crippen LogP contribution in [-0.2, 0) is 4.74 Å². The van der Waals surface area contributed by atoms with Gasteiger partial charge in [0.15, 0.2) is 0 Å². The lowest BCUT2D eigenvalue weighted by atomic mass is 9.84. The van der Waals surface area contributed by atoms with E-state index in [0.717, 1.165) is 18.5 Å². The Bertz CT molecular complexity index is 634. The molecule has 1 heterocycles. The SMILES string of the molecule is CC1=C(CP)C=CC2=C3C=C(CP)C(CP)=C(C)C3OC12. The van der Waals surface area contributed by atoms with Gasteiger partial charge in [-0.3, -0.25) is 0 Å². The number of hydrogen-bond donors (Lipinski definition) is 0. The molecule has 0 amide bonds. The molecule has 5 atom stereocenters. The molecule has 0 fully saturated rings. The van der Waals surface area contributed by atoms with Gasteiger partial charge in [-0.1, -0.05) is 18.2 Å². The summed E-state index contributed by atoms with van der Waals surface area (Å²) in [5, 5.41) is 0. The maximum Gasteiger partial charge on any atom is 0.106 e. The van der Waals surface area contributed by atoms with Crippen molar-refractivity contribution in [3.8, 4) is 0 Å². The Morgan fingerprint density at radius 1 is 0.905 bits per heavy atom. The minimum absolute atomic E-state index is 0.143. The van der Waals surface area contributed by atoms with E-state index in [4.69, 9.17) is 4.74 Å². The molecule has 2 aliphatic carbocycles. The van der Waals surface area contributed by atoms with Crippen LogP contribution in [0.2, 0.25) is 0 Å². The summed E-state index contributed by atoms with van der Waals surface area (Å²) in [6.45, 7) is 4.44. The van der Waals surface area contributed by atoms with Crippen LogP contribution >= 0.6 is 27.7 Å². The zero-order chi connectivity index (χ0) is 15.1. The third-order valence-corrected chi connectivity index (χ3v) is 6.05. The highest BCUT2D eigenvalue weighted by Crippen LogP contribution is 2.44. The summed E-state index contributed by atoms with van der Waals surface area (Å²) in [6, 6.07) is 0. The van der Waals surface area contributed by atoms with Crippen molar-refractivity contribution >= 4 is 27.7 Å². The molecule has 1 nitrogen and oxygen atoms in total. The molecular weight excluding hydrogens is 313 g/mol. The van der Waals surface area contributed by atoms with Crippen molar-refractivity contribution in [2.75, 3.05) is 18.5 Å². The second kappa shape index (κ2) is 6.22. The average molecular weight is 336 g/mol. The fraction of sp³-hybridized carbons (Fsp3) is 0.412. The van der Waals surface area contributed by atoms with Crippen LogP contribution in [0.15, 0.2) is 57.2 Å². The van der Waals surface area contributed by atoms with Gasteiger partial charge in [0.1, 0.15) is 12.2 Å². The molecule has 0 aromatic carbocycles. The molecule has 0 saturated heterocycles. The van der Waals surface area contributed by atoms with E-state index in [0.29, 0.717) is 0 Å². The van der Waals surface area contributed by atoms with Crippen LogP contribution in [0, 0.1) is 0 Å². The highest BCUT2D eigenvalue weighted by Gasteiger charge is 2.38. The van der Waals surface area contributed by atoms with Crippen molar-refractivity contribution in [1.29, 1.82) is 0 Å². The quantitative estimate of drug-likeness (QED) is 0.712. The highest BCUT2D eigenvalue weighted by molar-refractivity contribution is 7.17. The van der Waals surface area contributed by atoms with E-state index in [2.05, 4.69) is 59.8 Å². The predicted octanol–water partition coefficient (Wildman–Crippen LogP) is 3.82. The summed E-state index contributed by atoms with van der Waals surface area (Å²) in [6.07, 6.45) is 10.2. The van der Waals surface area contributed by atoms with Gasteiger partial charge in [-0.15, -0.1) is 27.7 Å². The van der Waals surface area contributed by atoms with E-state index in [9.17, 15) is 0 Å². The Balaban J connectivity index is 2.10. The monoisotopic (exact) mass is 336 g/mol. The summed E-state index contributed by atoms with van der Waals surface area (Å²) in [5.74, 6) is 0. The Kier molecular flexibility index (Phi) is 4.69. The molecular formula is C17H23OP3. The van der Waals surface area contributed by atoms with Crippen molar-refractivity contribution < 1.29 is 4.74 Å². The van der Waals surface area contributed by atoms with Crippen LogP contribution in [-0.4, -0.2) is 30.7 Å². The minimum atomic E-state index is 0.143. The van der Waals surface area contributed by atoms with Crippen molar-refractivity contribution in [1.82, 2.24) is 0 Å². The molecule has 1 aliphatic heterocycles. The molecule has 112 valence electrons. The zero-order valence-electron chi connectivity index (χ0n) is 12.6. The van der Waals surface area contributed by atoms with Crippen molar-refractivity contribution in [3.05, 3.63) is 57.2 Å². The fourth-order valence-electron chi connectivity index (χ4n) is 3.48. The number of fused-ring (bicyclic) bond motifs is 2. The van der Waals surface area contributed by atoms with Crippen LogP contribution < -0.4 is 0 Å². The standard InChI is InChI=1S/C17H23OP3/c1-9-11(6-19)3-4-13-14-5-12(7-20)15(8-21)10(2)17(14)18-16(9)13/h3-5,16-17H,6-8,19-21H2,1-2H3. The molecule has 0 spiro atoms. The summed E-state index contributed by atoms with van der Waals surface area (Å²) in [7, 11) is 8.54. The fourth-order valence-corrected chi connectivity index (χ4v) is 4.88. The van der Waals surface area contributed by atoms with Crippen molar-refractivity contribution in [2.45, 2.75) is 26.1 Å². The van der Waals surface area contributed by atoms with Crippen LogP contribution in [0.5, 0.6) is 0 Å². The van der Waals surface area contributed by atoms with Crippen LogP contribution in [0.1, 0.15) is 13.8 Å². The summed E-state index contributed by atoms with van der Waals surface area (Å²) in [5.41, 5.74) is 9.74. The number of hydrogen-bond acceptors (Lipinski definition) is 1. The molecule has 3 aliphatic rings. The molecule has 0 aromatic heterocycles. The van der Waals surface area contributed by atoms with Crippen molar-refractivity contribution in [3.63, 3.8) is 0 Å². The second-order valence-electron chi connectivity index (χ2n) is 5.79. The summed E-state index contributed by atoms with van der Waals surface area (Å²) >= 11 is 0. The Morgan fingerprint density at radius 3 is 2.24 bits per heavy atom.